The Morgan fingerprint density at radius 3 is 0.866 bits per heavy atom. The summed E-state index contributed by atoms with van der Waals surface area (Å²) >= 11 is 0. The van der Waals surface area contributed by atoms with Gasteiger partial charge in [-0.15, -0.1) is 0 Å². The van der Waals surface area contributed by atoms with Crippen molar-refractivity contribution in [2.24, 2.45) is 0 Å². The molecule has 486 valence electrons. The average Bonchev–Trinajstić information content (AvgIpc) is 3.48. The number of amides is 1. The minimum Gasteiger partial charge on any atom is -0.466 e. The highest BCUT2D eigenvalue weighted by Gasteiger charge is 2.20. The number of allylic oxidation sites excluding steroid dienone is 4. The van der Waals surface area contributed by atoms with Gasteiger partial charge in [-0.25, -0.2) is 0 Å². The second kappa shape index (κ2) is 71.8. The van der Waals surface area contributed by atoms with Crippen LogP contribution in [0.5, 0.6) is 0 Å². The van der Waals surface area contributed by atoms with E-state index in [9.17, 15) is 19.8 Å². The molecule has 0 aliphatic carbocycles. The first kappa shape index (κ1) is 80.3. The summed E-state index contributed by atoms with van der Waals surface area (Å²) in [5, 5.41) is 23.4. The Morgan fingerprint density at radius 2 is 0.573 bits per heavy atom. The van der Waals surface area contributed by atoms with E-state index in [1.807, 2.05) is 0 Å². The third kappa shape index (κ3) is 67.5. The highest BCUT2D eigenvalue weighted by atomic mass is 16.5. The molecule has 0 aromatic heterocycles. The zero-order chi connectivity index (χ0) is 59.2. The third-order valence-electron chi connectivity index (χ3n) is 17.7. The van der Waals surface area contributed by atoms with Crippen LogP contribution in [0, 0.1) is 0 Å². The lowest BCUT2D eigenvalue weighted by Crippen LogP contribution is -2.45. The Balaban J connectivity index is 3.37. The Bertz CT molecular complexity index is 1280. The van der Waals surface area contributed by atoms with E-state index in [2.05, 4.69) is 43.5 Å². The van der Waals surface area contributed by atoms with E-state index in [1.165, 1.54) is 353 Å². The number of nitrogens with one attached hydrogen (secondary N) is 1. The van der Waals surface area contributed by atoms with Gasteiger partial charge in [-0.05, 0) is 77.0 Å². The lowest BCUT2D eigenvalue weighted by molar-refractivity contribution is -0.143. The molecule has 82 heavy (non-hydrogen) atoms. The average molecular weight is 1160 g/mol. The normalized spacial score (nSPS) is 12.6. The first-order valence-corrected chi connectivity index (χ1v) is 37.6. The van der Waals surface area contributed by atoms with Gasteiger partial charge in [0.05, 0.1) is 25.4 Å². The number of ether oxygens (including phenoxy) is 1. The minimum atomic E-state index is -0.666. The Kier molecular flexibility index (Phi) is 70.4. The van der Waals surface area contributed by atoms with Gasteiger partial charge in [0.2, 0.25) is 5.91 Å². The maximum atomic E-state index is 12.5. The molecule has 0 heterocycles. The van der Waals surface area contributed by atoms with Crippen LogP contribution < -0.4 is 5.32 Å². The zero-order valence-corrected chi connectivity index (χ0v) is 55.8. The topological polar surface area (TPSA) is 95.9 Å². The van der Waals surface area contributed by atoms with Crippen LogP contribution >= 0.6 is 0 Å². The number of hydrogen-bond donors (Lipinski definition) is 3. The van der Waals surface area contributed by atoms with Crippen molar-refractivity contribution in [3.8, 4) is 0 Å². The molecule has 2 unspecified atom stereocenters. The lowest BCUT2D eigenvalue weighted by atomic mass is 10.0. The summed E-state index contributed by atoms with van der Waals surface area (Å²) in [6.07, 6.45) is 91.0. The van der Waals surface area contributed by atoms with E-state index < -0.39 is 12.1 Å². The van der Waals surface area contributed by atoms with Crippen molar-refractivity contribution < 1.29 is 24.5 Å². The van der Waals surface area contributed by atoms with Gasteiger partial charge in [0.15, 0.2) is 0 Å². The SMILES string of the molecule is CCCCCCCC/C=C\CCCCCCCCCCCC(=O)OCCCCCCCCCCCCCC/C=C\CCCCCCCCCCCCC(=O)NC(CO)C(O)CCCCCCCCCCCCCCCCCCCCCC. The van der Waals surface area contributed by atoms with Gasteiger partial charge in [0, 0.05) is 12.8 Å². The Morgan fingerprint density at radius 1 is 0.329 bits per heavy atom. The van der Waals surface area contributed by atoms with E-state index in [0.29, 0.717) is 25.9 Å². The maximum absolute atomic E-state index is 12.5. The lowest BCUT2D eigenvalue weighted by Gasteiger charge is -2.22. The largest absolute Gasteiger partial charge is 0.466 e. The predicted molar refractivity (Wildman–Crippen MR) is 361 cm³/mol. The first-order valence-electron chi connectivity index (χ1n) is 37.6. The molecule has 1 amide bonds. The van der Waals surface area contributed by atoms with E-state index >= 15 is 0 Å². The summed E-state index contributed by atoms with van der Waals surface area (Å²) in [4.78, 5) is 24.7. The zero-order valence-electron chi connectivity index (χ0n) is 55.8. The molecule has 0 rings (SSSR count). The fourth-order valence-electron chi connectivity index (χ4n) is 12.0. The smallest absolute Gasteiger partial charge is 0.305 e. The molecule has 6 nitrogen and oxygen atoms in total. The second-order valence-corrected chi connectivity index (χ2v) is 26.0. The molecular formula is C76H147NO5. The molecule has 0 aliphatic rings. The molecule has 0 aromatic carbocycles. The minimum absolute atomic E-state index is 0.0150. The Labute approximate surface area is 513 Å². The van der Waals surface area contributed by atoms with Gasteiger partial charge in [-0.1, -0.05) is 359 Å². The molecule has 6 heteroatoms. The maximum Gasteiger partial charge on any atom is 0.305 e. The van der Waals surface area contributed by atoms with E-state index in [0.717, 1.165) is 38.5 Å². The van der Waals surface area contributed by atoms with Crippen molar-refractivity contribution in [3.05, 3.63) is 24.3 Å². The molecule has 0 radical (unpaired) electrons. The number of esters is 1. The number of hydrogen-bond acceptors (Lipinski definition) is 5. The molecule has 0 saturated carbocycles. The number of unbranched alkanes of at least 4 members (excludes halogenated alkanes) is 56. The van der Waals surface area contributed by atoms with Crippen LogP contribution in [0.3, 0.4) is 0 Å². The fourth-order valence-corrected chi connectivity index (χ4v) is 12.0. The summed E-state index contributed by atoms with van der Waals surface area (Å²) in [7, 11) is 0. The highest BCUT2D eigenvalue weighted by Crippen LogP contribution is 2.19. The van der Waals surface area contributed by atoms with E-state index in [-0.39, 0.29) is 18.5 Å². The van der Waals surface area contributed by atoms with Crippen LogP contribution in [-0.4, -0.2) is 47.4 Å². The quantitative estimate of drug-likeness (QED) is 0.0320. The first-order chi connectivity index (χ1) is 40.5. The van der Waals surface area contributed by atoms with Crippen LogP contribution in [0.25, 0.3) is 0 Å². The molecular weight excluding hydrogens is 1010 g/mol. The molecule has 0 fully saturated rings. The van der Waals surface area contributed by atoms with Crippen molar-refractivity contribution in [1.82, 2.24) is 5.32 Å². The Hall–Kier alpha value is -1.66. The second-order valence-electron chi connectivity index (χ2n) is 26.0. The van der Waals surface area contributed by atoms with Gasteiger partial charge >= 0.3 is 5.97 Å². The van der Waals surface area contributed by atoms with Crippen LogP contribution in [0.15, 0.2) is 24.3 Å². The van der Waals surface area contributed by atoms with Gasteiger partial charge < -0.3 is 20.3 Å². The van der Waals surface area contributed by atoms with Crippen LogP contribution in [0.2, 0.25) is 0 Å². The molecule has 0 bridgehead atoms. The summed E-state index contributed by atoms with van der Waals surface area (Å²) in [5.41, 5.74) is 0. The molecule has 0 spiro atoms. The number of rotatable bonds is 71. The summed E-state index contributed by atoms with van der Waals surface area (Å²) in [6.45, 7) is 4.99. The van der Waals surface area contributed by atoms with Crippen molar-refractivity contribution in [1.29, 1.82) is 0 Å². The van der Waals surface area contributed by atoms with Crippen molar-refractivity contribution in [3.63, 3.8) is 0 Å². The standard InChI is InChI=1S/C76H147NO5/c1-3-5-7-9-11-13-15-17-19-21-23-33-36-40-44-48-52-56-60-64-68-74(79)73(72-78)77-75(80)69-65-61-57-53-49-45-41-37-34-30-28-26-24-25-27-29-31-35-39-43-47-51-55-59-63-67-71-82-76(81)70-66-62-58-54-50-46-42-38-32-22-20-18-16-14-12-10-8-6-4-2/h18,20,24,26,73-74,78-79H,3-17,19,21-23,25,27-72H2,1-2H3,(H,77,80)/b20-18-,26-24-. The molecule has 0 aliphatic heterocycles. The van der Waals surface area contributed by atoms with Gasteiger partial charge in [0.25, 0.3) is 0 Å². The van der Waals surface area contributed by atoms with Crippen LogP contribution in [0.1, 0.15) is 425 Å². The van der Waals surface area contributed by atoms with Crippen molar-refractivity contribution in [2.45, 2.75) is 437 Å². The molecule has 3 N–H and O–H groups in total. The summed E-state index contributed by atoms with van der Waals surface area (Å²) in [5.74, 6) is -0.0173. The number of aliphatic hydroxyl groups is 2. The van der Waals surface area contributed by atoms with E-state index in [4.69, 9.17) is 4.74 Å². The van der Waals surface area contributed by atoms with Crippen molar-refractivity contribution >= 4 is 11.9 Å². The molecule has 0 saturated heterocycles. The van der Waals surface area contributed by atoms with Gasteiger partial charge in [-0.3, -0.25) is 9.59 Å². The third-order valence-corrected chi connectivity index (χ3v) is 17.7. The fraction of sp³-hybridized carbons (Fsp3) is 0.921. The number of carbonyl (C=O) groups excluding carboxylic acids is 2. The van der Waals surface area contributed by atoms with Crippen LogP contribution in [0.4, 0.5) is 0 Å². The van der Waals surface area contributed by atoms with Crippen LogP contribution in [-0.2, 0) is 14.3 Å². The highest BCUT2D eigenvalue weighted by molar-refractivity contribution is 5.76. The number of aliphatic hydroxyl groups excluding tert-OH is 2. The monoisotopic (exact) mass is 1150 g/mol. The summed E-state index contributed by atoms with van der Waals surface area (Å²) in [6, 6.07) is -0.544. The van der Waals surface area contributed by atoms with Crippen molar-refractivity contribution in [2.75, 3.05) is 13.2 Å². The van der Waals surface area contributed by atoms with E-state index in [1.54, 1.807) is 0 Å². The predicted octanol–water partition coefficient (Wildman–Crippen LogP) is 24.5. The number of carbonyl (C=O) groups is 2. The molecule has 0 aromatic rings. The summed E-state index contributed by atoms with van der Waals surface area (Å²) < 4.78 is 5.51. The van der Waals surface area contributed by atoms with Gasteiger partial charge in [0.1, 0.15) is 0 Å². The molecule has 2 atom stereocenters. The van der Waals surface area contributed by atoms with Gasteiger partial charge in [-0.2, -0.15) is 0 Å².